The molecule has 8 heteroatoms. The molecule has 0 aromatic heterocycles. The minimum Gasteiger partial charge on any atom is -0.497 e. The van der Waals surface area contributed by atoms with Crippen LogP contribution in [0.4, 0.5) is 0 Å². The van der Waals surface area contributed by atoms with E-state index >= 15 is 0 Å². The summed E-state index contributed by atoms with van der Waals surface area (Å²) in [6, 6.07) is 17.1. The number of nitrogens with zero attached hydrogens (tertiary/aromatic N) is 1. The standard InChI is InChI=1S/C19H16N4O3S/c1-26-16-9-7-13(8-10-16)11-15(12-20)18(25)22-23-19(27)21-17(24)14-5-3-2-4-6-14/h2-11H,1H3,(H,22,25)(H2,21,23,24,27). The number of carbonyl (C=O) groups excluding carboxylic acids is 2. The van der Waals surface area contributed by atoms with E-state index < -0.39 is 11.8 Å². The van der Waals surface area contributed by atoms with Crippen molar-refractivity contribution in [1.29, 1.82) is 5.26 Å². The van der Waals surface area contributed by atoms with Gasteiger partial charge in [-0.1, -0.05) is 30.3 Å². The molecular formula is C19H16N4O3S. The number of nitriles is 1. The highest BCUT2D eigenvalue weighted by Gasteiger charge is 2.11. The first-order chi connectivity index (χ1) is 13.0. The second-order valence-corrected chi connectivity index (χ2v) is 5.58. The fourth-order valence-corrected chi connectivity index (χ4v) is 2.14. The molecule has 0 unspecified atom stereocenters. The number of hydrazine groups is 1. The zero-order valence-corrected chi connectivity index (χ0v) is 15.2. The van der Waals surface area contributed by atoms with Crippen LogP contribution in [-0.4, -0.2) is 24.0 Å². The summed E-state index contributed by atoms with van der Waals surface area (Å²) in [5, 5.41) is 11.5. The lowest BCUT2D eigenvalue weighted by atomic mass is 10.1. The molecule has 2 amide bonds. The molecule has 0 saturated heterocycles. The maximum atomic E-state index is 12.1. The van der Waals surface area contributed by atoms with Gasteiger partial charge in [0.05, 0.1) is 7.11 Å². The Balaban J connectivity index is 1.92. The summed E-state index contributed by atoms with van der Waals surface area (Å²) in [6.45, 7) is 0. The van der Waals surface area contributed by atoms with Gasteiger partial charge in [-0.3, -0.25) is 25.8 Å². The first-order valence-electron chi connectivity index (χ1n) is 7.76. The lowest BCUT2D eigenvalue weighted by molar-refractivity contribution is -0.117. The Morgan fingerprint density at radius 2 is 1.74 bits per heavy atom. The molecule has 0 spiro atoms. The Kier molecular flexibility index (Phi) is 7.05. The van der Waals surface area contributed by atoms with Gasteiger partial charge < -0.3 is 4.74 Å². The zero-order chi connectivity index (χ0) is 19.6. The molecule has 136 valence electrons. The van der Waals surface area contributed by atoms with E-state index in [-0.39, 0.29) is 10.7 Å². The second kappa shape index (κ2) is 9.70. The molecule has 0 radical (unpaired) electrons. The monoisotopic (exact) mass is 380 g/mol. The highest BCUT2D eigenvalue weighted by molar-refractivity contribution is 7.80. The summed E-state index contributed by atoms with van der Waals surface area (Å²) < 4.78 is 5.05. The van der Waals surface area contributed by atoms with Gasteiger partial charge in [-0.05, 0) is 48.1 Å². The van der Waals surface area contributed by atoms with Gasteiger partial charge in [0.2, 0.25) is 0 Å². The van der Waals surface area contributed by atoms with Crippen LogP contribution in [-0.2, 0) is 4.79 Å². The third-order valence-electron chi connectivity index (χ3n) is 3.34. The average Bonchev–Trinajstić information content (AvgIpc) is 2.71. The van der Waals surface area contributed by atoms with E-state index in [2.05, 4.69) is 16.2 Å². The number of ether oxygens (including phenoxy) is 1. The van der Waals surface area contributed by atoms with Crippen molar-refractivity contribution in [1.82, 2.24) is 16.2 Å². The van der Waals surface area contributed by atoms with Crippen LogP contribution < -0.4 is 20.9 Å². The van der Waals surface area contributed by atoms with Gasteiger partial charge >= 0.3 is 0 Å². The first-order valence-corrected chi connectivity index (χ1v) is 8.17. The molecule has 0 heterocycles. The van der Waals surface area contributed by atoms with Crippen LogP contribution >= 0.6 is 12.2 Å². The van der Waals surface area contributed by atoms with Crippen molar-refractivity contribution in [3.63, 3.8) is 0 Å². The molecule has 2 aromatic carbocycles. The summed E-state index contributed by atoms with van der Waals surface area (Å²) in [5.41, 5.74) is 5.60. The fourth-order valence-electron chi connectivity index (χ4n) is 1.99. The second-order valence-electron chi connectivity index (χ2n) is 5.17. The number of hydrogen-bond acceptors (Lipinski definition) is 5. The van der Waals surface area contributed by atoms with Gasteiger partial charge in [0.1, 0.15) is 17.4 Å². The van der Waals surface area contributed by atoms with Crippen molar-refractivity contribution < 1.29 is 14.3 Å². The van der Waals surface area contributed by atoms with Gasteiger partial charge in [-0.15, -0.1) is 0 Å². The van der Waals surface area contributed by atoms with Crippen molar-refractivity contribution in [2.45, 2.75) is 0 Å². The molecule has 0 aliphatic rings. The zero-order valence-electron chi connectivity index (χ0n) is 14.4. The number of rotatable bonds is 4. The SMILES string of the molecule is COc1ccc(C=C(C#N)C(=O)NNC(=S)NC(=O)c2ccccc2)cc1. The molecule has 0 atom stereocenters. The van der Waals surface area contributed by atoms with Crippen LogP contribution in [0.1, 0.15) is 15.9 Å². The topological polar surface area (TPSA) is 103 Å². The Hall–Kier alpha value is -3.70. The Bertz CT molecular complexity index is 903. The molecule has 2 rings (SSSR count). The summed E-state index contributed by atoms with van der Waals surface area (Å²) in [6.07, 6.45) is 1.42. The van der Waals surface area contributed by atoms with E-state index in [1.165, 1.54) is 6.08 Å². The molecule has 2 aromatic rings. The van der Waals surface area contributed by atoms with Crippen molar-refractivity contribution in [2.24, 2.45) is 0 Å². The fraction of sp³-hybridized carbons (Fsp3) is 0.0526. The van der Waals surface area contributed by atoms with E-state index in [4.69, 9.17) is 17.0 Å². The summed E-state index contributed by atoms with van der Waals surface area (Å²) in [4.78, 5) is 24.1. The molecule has 0 aliphatic heterocycles. The number of carbonyl (C=O) groups is 2. The molecular weight excluding hydrogens is 364 g/mol. The largest absolute Gasteiger partial charge is 0.497 e. The van der Waals surface area contributed by atoms with Crippen LogP contribution in [0.3, 0.4) is 0 Å². The van der Waals surface area contributed by atoms with Crippen molar-refractivity contribution in [3.8, 4) is 11.8 Å². The van der Waals surface area contributed by atoms with E-state index in [0.717, 1.165) is 0 Å². The smallest absolute Gasteiger partial charge is 0.280 e. The van der Waals surface area contributed by atoms with Crippen LogP contribution in [0, 0.1) is 11.3 Å². The van der Waals surface area contributed by atoms with Crippen LogP contribution in [0.25, 0.3) is 6.08 Å². The average molecular weight is 380 g/mol. The van der Waals surface area contributed by atoms with Gasteiger partial charge in [0, 0.05) is 5.56 Å². The Morgan fingerprint density at radius 3 is 2.33 bits per heavy atom. The molecule has 3 N–H and O–H groups in total. The highest BCUT2D eigenvalue weighted by atomic mass is 32.1. The summed E-state index contributed by atoms with van der Waals surface area (Å²) in [7, 11) is 1.55. The van der Waals surface area contributed by atoms with Gasteiger partial charge in [-0.2, -0.15) is 5.26 Å². The van der Waals surface area contributed by atoms with Crippen molar-refractivity contribution in [3.05, 3.63) is 71.3 Å². The molecule has 7 nitrogen and oxygen atoms in total. The van der Waals surface area contributed by atoms with E-state index in [9.17, 15) is 14.9 Å². The van der Waals surface area contributed by atoms with Crippen LogP contribution in [0.2, 0.25) is 0 Å². The minimum atomic E-state index is -0.690. The third kappa shape index (κ3) is 5.95. The molecule has 0 aliphatic carbocycles. The number of amides is 2. The van der Waals surface area contributed by atoms with E-state index in [1.807, 2.05) is 6.07 Å². The maximum absolute atomic E-state index is 12.1. The summed E-state index contributed by atoms with van der Waals surface area (Å²) in [5.74, 6) is -0.447. The van der Waals surface area contributed by atoms with Crippen molar-refractivity contribution >= 4 is 35.2 Å². The number of thiocarbonyl (C=S) groups is 1. The Morgan fingerprint density at radius 1 is 1.07 bits per heavy atom. The Labute approximate surface area is 161 Å². The molecule has 0 saturated carbocycles. The predicted molar refractivity (Wildman–Crippen MR) is 104 cm³/mol. The lowest BCUT2D eigenvalue weighted by Crippen LogP contribution is -2.48. The highest BCUT2D eigenvalue weighted by Crippen LogP contribution is 2.13. The third-order valence-corrected chi connectivity index (χ3v) is 3.55. The minimum absolute atomic E-state index is 0.0982. The van der Waals surface area contributed by atoms with Crippen LogP contribution in [0.15, 0.2) is 60.2 Å². The quantitative estimate of drug-likeness (QED) is 0.324. The molecule has 0 bridgehead atoms. The molecule has 0 fully saturated rings. The normalized spacial score (nSPS) is 10.3. The summed E-state index contributed by atoms with van der Waals surface area (Å²) >= 11 is 4.95. The molecule has 27 heavy (non-hydrogen) atoms. The van der Waals surface area contributed by atoms with Crippen LogP contribution in [0.5, 0.6) is 5.75 Å². The van der Waals surface area contributed by atoms with Gasteiger partial charge in [-0.25, -0.2) is 0 Å². The van der Waals surface area contributed by atoms with Gasteiger partial charge in [0.25, 0.3) is 11.8 Å². The number of nitrogens with one attached hydrogen (secondary N) is 3. The van der Waals surface area contributed by atoms with E-state index in [0.29, 0.717) is 16.9 Å². The maximum Gasteiger partial charge on any atom is 0.280 e. The number of hydrogen-bond donors (Lipinski definition) is 3. The lowest BCUT2D eigenvalue weighted by Gasteiger charge is -2.10. The van der Waals surface area contributed by atoms with E-state index in [1.54, 1.807) is 61.7 Å². The number of methoxy groups -OCH3 is 1. The van der Waals surface area contributed by atoms with Crippen molar-refractivity contribution in [2.75, 3.05) is 7.11 Å². The number of benzene rings is 2. The first kappa shape index (κ1) is 19.6. The van der Waals surface area contributed by atoms with Gasteiger partial charge in [0.15, 0.2) is 5.11 Å². The predicted octanol–water partition coefficient (Wildman–Crippen LogP) is 1.94.